The van der Waals surface area contributed by atoms with Crippen molar-refractivity contribution in [2.24, 2.45) is 0 Å². The third-order valence-corrected chi connectivity index (χ3v) is 4.26. The van der Waals surface area contributed by atoms with Crippen molar-refractivity contribution in [2.45, 2.75) is 19.4 Å². The molecule has 0 radical (unpaired) electrons. The quantitative estimate of drug-likeness (QED) is 0.816. The number of nitrogens with one attached hydrogen (secondary N) is 1. The van der Waals surface area contributed by atoms with E-state index in [4.69, 9.17) is 27.9 Å². The standard InChI is InChI=1S/C17H19Cl2NO/c1-3-20-16(12-6-4-8-14(10-12)21-2)11-13-7-5-9-15(18)17(13)19/h4-10,16,20H,3,11H2,1-2H3. The monoisotopic (exact) mass is 323 g/mol. The highest BCUT2D eigenvalue weighted by molar-refractivity contribution is 6.42. The molecule has 2 nitrogen and oxygen atoms in total. The largest absolute Gasteiger partial charge is 0.497 e. The molecule has 0 aliphatic carbocycles. The summed E-state index contributed by atoms with van der Waals surface area (Å²) in [7, 11) is 1.68. The van der Waals surface area contributed by atoms with Gasteiger partial charge in [-0.25, -0.2) is 0 Å². The van der Waals surface area contributed by atoms with Crippen LogP contribution in [0, 0.1) is 0 Å². The van der Waals surface area contributed by atoms with Gasteiger partial charge in [-0.3, -0.25) is 0 Å². The van der Waals surface area contributed by atoms with Gasteiger partial charge < -0.3 is 10.1 Å². The summed E-state index contributed by atoms with van der Waals surface area (Å²) >= 11 is 12.4. The Bertz CT molecular complexity index is 601. The minimum Gasteiger partial charge on any atom is -0.497 e. The average Bonchev–Trinajstić information content (AvgIpc) is 2.51. The molecule has 0 amide bonds. The van der Waals surface area contributed by atoms with Crippen LogP contribution in [0.2, 0.25) is 10.0 Å². The Morgan fingerprint density at radius 2 is 1.90 bits per heavy atom. The molecule has 0 bridgehead atoms. The molecule has 2 rings (SSSR count). The summed E-state index contributed by atoms with van der Waals surface area (Å²) < 4.78 is 5.30. The lowest BCUT2D eigenvalue weighted by atomic mass is 9.98. The fourth-order valence-corrected chi connectivity index (χ4v) is 2.74. The van der Waals surface area contributed by atoms with Crippen LogP contribution in [-0.2, 0) is 6.42 Å². The minimum atomic E-state index is 0.168. The molecule has 1 atom stereocenters. The van der Waals surface area contributed by atoms with Crippen molar-refractivity contribution < 1.29 is 4.74 Å². The lowest BCUT2D eigenvalue weighted by Gasteiger charge is -2.20. The Labute approximate surface area is 136 Å². The summed E-state index contributed by atoms with van der Waals surface area (Å²) in [5.74, 6) is 0.854. The van der Waals surface area contributed by atoms with Crippen LogP contribution < -0.4 is 10.1 Å². The fraction of sp³-hybridized carbons (Fsp3) is 0.294. The summed E-state index contributed by atoms with van der Waals surface area (Å²) in [6, 6.07) is 14.0. The Kier molecular flexibility index (Phi) is 5.92. The maximum absolute atomic E-state index is 6.30. The van der Waals surface area contributed by atoms with Crippen molar-refractivity contribution in [1.29, 1.82) is 0 Å². The molecule has 4 heteroatoms. The van der Waals surface area contributed by atoms with Crippen molar-refractivity contribution in [3.63, 3.8) is 0 Å². The number of benzene rings is 2. The third kappa shape index (κ3) is 4.13. The van der Waals surface area contributed by atoms with Gasteiger partial charge in [0, 0.05) is 6.04 Å². The summed E-state index contributed by atoms with van der Waals surface area (Å²) in [6.45, 7) is 2.97. The van der Waals surface area contributed by atoms with E-state index < -0.39 is 0 Å². The molecule has 2 aromatic rings. The van der Waals surface area contributed by atoms with E-state index in [1.54, 1.807) is 13.2 Å². The summed E-state index contributed by atoms with van der Waals surface area (Å²) in [5.41, 5.74) is 2.21. The third-order valence-electron chi connectivity index (χ3n) is 3.40. The Hall–Kier alpha value is -1.22. The van der Waals surface area contributed by atoms with E-state index in [2.05, 4.69) is 18.3 Å². The second kappa shape index (κ2) is 7.69. The first-order valence-electron chi connectivity index (χ1n) is 6.96. The Balaban J connectivity index is 2.28. The molecule has 0 fully saturated rings. The van der Waals surface area contributed by atoms with E-state index in [-0.39, 0.29) is 6.04 Å². The Morgan fingerprint density at radius 3 is 2.62 bits per heavy atom. The lowest BCUT2D eigenvalue weighted by Crippen LogP contribution is -2.23. The molecule has 0 aromatic heterocycles. The first-order valence-corrected chi connectivity index (χ1v) is 7.71. The number of hydrogen-bond acceptors (Lipinski definition) is 2. The number of rotatable bonds is 6. The van der Waals surface area contributed by atoms with E-state index in [0.29, 0.717) is 10.0 Å². The summed E-state index contributed by atoms with van der Waals surface area (Å²) in [5, 5.41) is 4.71. The maximum Gasteiger partial charge on any atom is 0.119 e. The van der Waals surface area contributed by atoms with E-state index >= 15 is 0 Å². The van der Waals surface area contributed by atoms with Crippen molar-refractivity contribution in [3.05, 3.63) is 63.6 Å². The normalized spacial score (nSPS) is 12.2. The smallest absolute Gasteiger partial charge is 0.119 e. The highest BCUT2D eigenvalue weighted by Gasteiger charge is 2.14. The van der Waals surface area contributed by atoms with Gasteiger partial charge in [-0.2, -0.15) is 0 Å². The molecular weight excluding hydrogens is 305 g/mol. The number of ether oxygens (including phenoxy) is 1. The minimum absolute atomic E-state index is 0.168. The van der Waals surface area contributed by atoms with Crippen molar-refractivity contribution in [2.75, 3.05) is 13.7 Å². The topological polar surface area (TPSA) is 21.3 Å². The maximum atomic E-state index is 6.30. The molecule has 0 spiro atoms. The van der Waals surface area contributed by atoms with Crippen molar-refractivity contribution >= 4 is 23.2 Å². The van der Waals surface area contributed by atoms with E-state index in [0.717, 1.165) is 24.3 Å². The lowest BCUT2D eigenvalue weighted by molar-refractivity contribution is 0.413. The molecule has 0 saturated heterocycles. The number of hydrogen-bond donors (Lipinski definition) is 1. The Morgan fingerprint density at radius 1 is 1.14 bits per heavy atom. The highest BCUT2D eigenvalue weighted by atomic mass is 35.5. The van der Waals surface area contributed by atoms with Crippen LogP contribution in [-0.4, -0.2) is 13.7 Å². The molecule has 0 heterocycles. The molecular formula is C17H19Cl2NO. The number of likely N-dealkylation sites (N-methyl/N-ethyl adjacent to an activating group) is 1. The summed E-state index contributed by atoms with van der Waals surface area (Å²) in [4.78, 5) is 0. The predicted octanol–water partition coefficient (Wildman–Crippen LogP) is 4.90. The van der Waals surface area contributed by atoms with Gasteiger partial charge in [0.1, 0.15) is 5.75 Å². The molecule has 1 unspecified atom stereocenters. The van der Waals surface area contributed by atoms with Gasteiger partial charge >= 0.3 is 0 Å². The zero-order chi connectivity index (χ0) is 15.2. The second-order valence-electron chi connectivity index (χ2n) is 4.80. The molecule has 0 aliphatic heterocycles. The average molecular weight is 324 g/mol. The second-order valence-corrected chi connectivity index (χ2v) is 5.59. The van der Waals surface area contributed by atoms with Crippen LogP contribution in [0.25, 0.3) is 0 Å². The molecule has 0 saturated carbocycles. The molecule has 21 heavy (non-hydrogen) atoms. The van der Waals surface area contributed by atoms with Crippen LogP contribution in [0.5, 0.6) is 5.75 Å². The van der Waals surface area contributed by atoms with Crippen molar-refractivity contribution in [3.8, 4) is 5.75 Å². The van der Waals surface area contributed by atoms with E-state index in [9.17, 15) is 0 Å². The van der Waals surface area contributed by atoms with Gasteiger partial charge in [0.15, 0.2) is 0 Å². The number of halogens is 2. The van der Waals surface area contributed by atoms with Gasteiger partial charge in [0.05, 0.1) is 17.2 Å². The fourth-order valence-electron chi connectivity index (χ4n) is 2.34. The number of methoxy groups -OCH3 is 1. The zero-order valence-electron chi connectivity index (χ0n) is 12.2. The van der Waals surface area contributed by atoms with Crippen LogP contribution >= 0.6 is 23.2 Å². The van der Waals surface area contributed by atoms with E-state index in [1.165, 1.54) is 5.56 Å². The van der Waals surface area contributed by atoms with Gasteiger partial charge in [-0.15, -0.1) is 0 Å². The van der Waals surface area contributed by atoms with Crippen LogP contribution in [0.1, 0.15) is 24.1 Å². The van der Waals surface area contributed by atoms with Gasteiger partial charge in [-0.1, -0.05) is 54.4 Å². The van der Waals surface area contributed by atoms with Gasteiger partial charge in [0.2, 0.25) is 0 Å². The first-order chi connectivity index (χ1) is 10.2. The SMILES string of the molecule is CCNC(Cc1cccc(Cl)c1Cl)c1cccc(OC)c1. The van der Waals surface area contributed by atoms with Gasteiger partial charge in [-0.05, 0) is 42.3 Å². The van der Waals surface area contributed by atoms with Crippen LogP contribution in [0.4, 0.5) is 0 Å². The zero-order valence-corrected chi connectivity index (χ0v) is 13.7. The van der Waals surface area contributed by atoms with E-state index in [1.807, 2.05) is 30.3 Å². The van der Waals surface area contributed by atoms with Crippen LogP contribution in [0.15, 0.2) is 42.5 Å². The molecule has 0 aliphatic rings. The molecule has 1 N–H and O–H groups in total. The highest BCUT2D eigenvalue weighted by Crippen LogP contribution is 2.30. The van der Waals surface area contributed by atoms with Crippen LogP contribution in [0.3, 0.4) is 0 Å². The van der Waals surface area contributed by atoms with Crippen molar-refractivity contribution in [1.82, 2.24) is 5.32 Å². The summed E-state index contributed by atoms with van der Waals surface area (Å²) in [6.07, 6.45) is 0.778. The van der Waals surface area contributed by atoms with Gasteiger partial charge in [0.25, 0.3) is 0 Å². The first kappa shape index (κ1) is 16.2. The predicted molar refractivity (Wildman–Crippen MR) is 89.6 cm³/mol. The molecule has 112 valence electrons. The molecule has 2 aromatic carbocycles.